The van der Waals surface area contributed by atoms with Crippen molar-refractivity contribution in [1.29, 1.82) is 0 Å². The van der Waals surface area contributed by atoms with Crippen LogP contribution in [0.25, 0.3) is 0 Å². The molecule has 1 aromatic rings. The molecule has 1 aliphatic heterocycles. The maximum atomic E-state index is 12.7. The molecule has 1 aromatic carbocycles. The zero-order valence-corrected chi connectivity index (χ0v) is 14.5. The Balaban J connectivity index is 1.57. The van der Waals surface area contributed by atoms with Crippen LogP contribution in [0.15, 0.2) is 18.2 Å². The number of halogens is 2. The third-order valence-corrected chi connectivity index (χ3v) is 5.67. The summed E-state index contributed by atoms with van der Waals surface area (Å²) in [6, 6.07) is 5.25. The zero-order chi connectivity index (χ0) is 16.4. The summed E-state index contributed by atoms with van der Waals surface area (Å²) in [6.45, 7) is 1.99. The van der Waals surface area contributed by atoms with Crippen LogP contribution < -0.4 is 10.5 Å². The van der Waals surface area contributed by atoms with Gasteiger partial charge in [0.05, 0.1) is 16.6 Å². The summed E-state index contributed by atoms with van der Waals surface area (Å²) in [5.74, 6) is 1.39. The lowest BCUT2D eigenvalue weighted by atomic mass is 9.95. The fourth-order valence-corrected chi connectivity index (χ4v) is 3.93. The van der Waals surface area contributed by atoms with Crippen molar-refractivity contribution in [3.05, 3.63) is 28.2 Å². The van der Waals surface area contributed by atoms with Gasteiger partial charge in [-0.15, -0.1) is 0 Å². The van der Waals surface area contributed by atoms with Crippen LogP contribution in [0.2, 0.25) is 10.0 Å². The Morgan fingerprint density at radius 2 is 2.09 bits per heavy atom. The fraction of sp³-hybridized carbons (Fsp3) is 0.588. The molecular weight excluding hydrogens is 335 g/mol. The van der Waals surface area contributed by atoms with Gasteiger partial charge in [-0.2, -0.15) is 0 Å². The van der Waals surface area contributed by atoms with E-state index < -0.39 is 0 Å². The van der Waals surface area contributed by atoms with Crippen molar-refractivity contribution in [2.75, 3.05) is 19.6 Å². The average Bonchev–Trinajstić information content (AvgIpc) is 3.19. The highest BCUT2D eigenvalue weighted by Crippen LogP contribution is 2.34. The topological polar surface area (TPSA) is 55.6 Å². The molecule has 1 saturated carbocycles. The average molecular weight is 357 g/mol. The summed E-state index contributed by atoms with van der Waals surface area (Å²) in [6.07, 6.45) is 4.00. The lowest BCUT2D eigenvalue weighted by molar-refractivity contribution is -0.135. The van der Waals surface area contributed by atoms with E-state index in [4.69, 9.17) is 33.7 Å². The number of amides is 1. The van der Waals surface area contributed by atoms with Crippen LogP contribution in [-0.4, -0.2) is 36.5 Å². The molecule has 3 atom stereocenters. The predicted molar refractivity (Wildman–Crippen MR) is 92.0 cm³/mol. The van der Waals surface area contributed by atoms with Gasteiger partial charge >= 0.3 is 0 Å². The van der Waals surface area contributed by atoms with Gasteiger partial charge in [0.15, 0.2) is 0 Å². The van der Waals surface area contributed by atoms with Gasteiger partial charge < -0.3 is 15.4 Å². The fourth-order valence-electron chi connectivity index (χ4n) is 3.65. The first-order valence-corrected chi connectivity index (χ1v) is 8.94. The number of nitrogens with zero attached hydrogens (tertiary/aromatic N) is 1. The van der Waals surface area contributed by atoms with E-state index in [0.29, 0.717) is 34.8 Å². The van der Waals surface area contributed by atoms with Gasteiger partial charge in [-0.05, 0) is 37.4 Å². The van der Waals surface area contributed by atoms with Crippen LogP contribution in [0, 0.1) is 11.8 Å². The van der Waals surface area contributed by atoms with Crippen LogP contribution in [0.3, 0.4) is 0 Å². The molecule has 1 aliphatic carbocycles. The smallest absolute Gasteiger partial charge is 0.226 e. The van der Waals surface area contributed by atoms with E-state index in [-0.39, 0.29) is 17.9 Å². The minimum absolute atomic E-state index is 0.00826. The Bertz CT molecular complexity index is 582. The van der Waals surface area contributed by atoms with Gasteiger partial charge in [-0.25, -0.2) is 0 Å². The second-order valence-electron chi connectivity index (χ2n) is 6.42. The second kappa shape index (κ2) is 7.29. The Hall–Kier alpha value is -0.970. The molecular formula is C17H22Cl2N2O2. The molecule has 2 aliphatic rings. The molecule has 0 spiro atoms. The van der Waals surface area contributed by atoms with Crippen LogP contribution in [0.5, 0.6) is 5.75 Å². The largest absolute Gasteiger partial charge is 0.488 e. The number of nitrogens with two attached hydrogens (primary N) is 1. The molecule has 2 N–H and O–H groups in total. The minimum atomic E-state index is 0.00826. The number of rotatable bonds is 4. The van der Waals surface area contributed by atoms with E-state index in [9.17, 15) is 4.79 Å². The molecule has 6 heteroatoms. The standard InChI is InChI=1S/C17H22Cl2N2O2/c18-15-5-4-12(8-16(15)19)23-13-6-7-21(10-13)17(22)14-3-1-2-11(14)9-20/h4-5,8,11,13-14H,1-3,6-7,9-10,20H2/t11-,13?,14-/m1/s1. The van der Waals surface area contributed by atoms with Crippen LogP contribution in [-0.2, 0) is 4.79 Å². The van der Waals surface area contributed by atoms with Crippen molar-refractivity contribution in [2.24, 2.45) is 17.6 Å². The molecule has 1 amide bonds. The molecule has 1 saturated heterocycles. The van der Waals surface area contributed by atoms with Gasteiger partial charge in [0.1, 0.15) is 11.9 Å². The SMILES string of the molecule is NC[C@H]1CCC[C@H]1C(=O)N1CCC(Oc2ccc(Cl)c(Cl)c2)C1. The summed E-state index contributed by atoms with van der Waals surface area (Å²) < 4.78 is 5.95. The van der Waals surface area contributed by atoms with Crippen LogP contribution in [0.1, 0.15) is 25.7 Å². The molecule has 0 bridgehead atoms. The molecule has 3 rings (SSSR count). The van der Waals surface area contributed by atoms with Crippen molar-refractivity contribution in [2.45, 2.75) is 31.8 Å². The first-order valence-electron chi connectivity index (χ1n) is 8.19. The van der Waals surface area contributed by atoms with Crippen LogP contribution in [0.4, 0.5) is 0 Å². The quantitative estimate of drug-likeness (QED) is 0.899. The number of hydrogen-bond donors (Lipinski definition) is 1. The molecule has 2 fully saturated rings. The molecule has 0 radical (unpaired) electrons. The van der Waals surface area contributed by atoms with E-state index in [0.717, 1.165) is 32.2 Å². The summed E-state index contributed by atoms with van der Waals surface area (Å²) >= 11 is 11.9. The van der Waals surface area contributed by atoms with Gasteiger partial charge in [0.25, 0.3) is 0 Å². The molecule has 23 heavy (non-hydrogen) atoms. The Morgan fingerprint density at radius 3 is 2.83 bits per heavy atom. The summed E-state index contributed by atoms with van der Waals surface area (Å²) in [4.78, 5) is 14.6. The number of hydrogen-bond acceptors (Lipinski definition) is 3. The highest BCUT2D eigenvalue weighted by atomic mass is 35.5. The van der Waals surface area contributed by atoms with E-state index in [2.05, 4.69) is 0 Å². The normalized spacial score (nSPS) is 27.4. The van der Waals surface area contributed by atoms with Crippen molar-refractivity contribution in [3.63, 3.8) is 0 Å². The van der Waals surface area contributed by atoms with Gasteiger partial charge in [-0.1, -0.05) is 29.6 Å². The Morgan fingerprint density at radius 1 is 1.26 bits per heavy atom. The number of likely N-dealkylation sites (tertiary alicyclic amines) is 1. The van der Waals surface area contributed by atoms with E-state index in [1.807, 2.05) is 4.90 Å². The number of ether oxygens (including phenoxy) is 1. The van der Waals surface area contributed by atoms with Crippen LogP contribution >= 0.6 is 23.2 Å². The van der Waals surface area contributed by atoms with Crippen molar-refractivity contribution < 1.29 is 9.53 Å². The molecule has 126 valence electrons. The second-order valence-corrected chi connectivity index (χ2v) is 7.24. The third kappa shape index (κ3) is 3.76. The summed E-state index contributed by atoms with van der Waals surface area (Å²) in [7, 11) is 0. The highest BCUT2D eigenvalue weighted by molar-refractivity contribution is 6.42. The number of carbonyl (C=O) groups is 1. The third-order valence-electron chi connectivity index (χ3n) is 4.93. The maximum absolute atomic E-state index is 12.7. The number of benzene rings is 1. The van der Waals surface area contributed by atoms with Crippen molar-refractivity contribution in [1.82, 2.24) is 4.90 Å². The van der Waals surface area contributed by atoms with E-state index in [1.165, 1.54) is 0 Å². The lowest BCUT2D eigenvalue weighted by Crippen LogP contribution is -2.38. The summed E-state index contributed by atoms with van der Waals surface area (Å²) in [5, 5.41) is 0.989. The Kier molecular flexibility index (Phi) is 5.34. The van der Waals surface area contributed by atoms with Crippen molar-refractivity contribution in [3.8, 4) is 5.75 Å². The first kappa shape index (κ1) is 16.9. The monoisotopic (exact) mass is 356 g/mol. The summed E-state index contributed by atoms with van der Waals surface area (Å²) in [5.41, 5.74) is 5.80. The highest BCUT2D eigenvalue weighted by Gasteiger charge is 2.37. The zero-order valence-electron chi connectivity index (χ0n) is 13.0. The van der Waals surface area contributed by atoms with E-state index >= 15 is 0 Å². The van der Waals surface area contributed by atoms with Gasteiger partial charge in [0, 0.05) is 24.9 Å². The first-order chi connectivity index (χ1) is 11.1. The number of carbonyl (C=O) groups excluding carboxylic acids is 1. The minimum Gasteiger partial charge on any atom is -0.488 e. The maximum Gasteiger partial charge on any atom is 0.226 e. The molecule has 0 aromatic heterocycles. The lowest BCUT2D eigenvalue weighted by Gasteiger charge is -2.24. The van der Waals surface area contributed by atoms with Gasteiger partial charge in [0.2, 0.25) is 5.91 Å². The Labute approximate surface area is 146 Å². The predicted octanol–water partition coefficient (Wildman–Crippen LogP) is 3.35. The molecule has 1 unspecified atom stereocenters. The van der Waals surface area contributed by atoms with E-state index in [1.54, 1.807) is 18.2 Å². The molecule has 1 heterocycles. The van der Waals surface area contributed by atoms with Gasteiger partial charge in [-0.3, -0.25) is 4.79 Å². The van der Waals surface area contributed by atoms with Crippen molar-refractivity contribution >= 4 is 29.1 Å². The molecule has 4 nitrogen and oxygen atoms in total.